The van der Waals surface area contributed by atoms with Gasteiger partial charge in [0.15, 0.2) is 6.61 Å². The number of aromatic nitrogens is 2. The van der Waals surface area contributed by atoms with Crippen molar-refractivity contribution in [3.05, 3.63) is 41.6 Å². The number of anilines is 1. The van der Waals surface area contributed by atoms with Crippen molar-refractivity contribution >= 4 is 11.7 Å². The first-order chi connectivity index (χ1) is 10.9. The molecule has 0 aliphatic carbocycles. The third kappa shape index (κ3) is 4.34. The number of carbonyl (C=O) groups is 1. The fraction of sp³-hybridized carbons (Fsp3) is 0.444. The number of carbonyl (C=O) groups excluding carboxylic acids is 1. The molecule has 0 saturated heterocycles. The van der Waals surface area contributed by atoms with Crippen LogP contribution < -0.4 is 10.1 Å². The second-order valence-corrected chi connectivity index (χ2v) is 6.26. The lowest BCUT2D eigenvalue weighted by molar-refractivity contribution is -0.118. The standard InChI is InChI=1S/C18H25N3O2/c1-12(2)16-7-6-15(10-14(16)5)23-11-18(22)20-17-8-9-19-21(17)13(3)4/h6-10,12-13H,11H2,1-5H3,(H,20,22). The fourth-order valence-corrected chi connectivity index (χ4v) is 2.54. The van der Waals surface area contributed by atoms with Crippen molar-refractivity contribution in [2.75, 3.05) is 11.9 Å². The zero-order valence-electron chi connectivity index (χ0n) is 14.5. The van der Waals surface area contributed by atoms with E-state index in [0.717, 1.165) is 0 Å². The summed E-state index contributed by atoms with van der Waals surface area (Å²) in [6.07, 6.45) is 1.67. The van der Waals surface area contributed by atoms with Crippen LogP contribution in [0.5, 0.6) is 5.75 Å². The van der Waals surface area contributed by atoms with Gasteiger partial charge in [0, 0.05) is 12.1 Å². The largest absolute Gasteiger partial charge is 0.484 e. The topological polar surface area (TPSA) is 56.1 Å². The summed E-state index contributed by atoms with van der Waals surface area (Å²) >= 11 is 0. The molecule has 1 aromatic carbocycles. The Hall–Kier alpha value is -2.30. The molecule has 0 unspecified atom stereocenters. The van der Waals surface area contributed by atoms with Gasteiger partial charge in [-0.05, 0) is 49.9 Å². The van der Waals surface area contributed by atoms with Crippen molar-refractivity contribution in [3.8, 4) is 5.75 Å². The second kappa shape index (κ2) is 7.31. The molecule has 0 spiro atoms. The van der Waals surface area contributed by atoms with Crippen molar-refractivity contribution in [3.63, 3.8) is 0 Å². The molecule has 1 amide bonds. The van der Waals surface area contributed by atoms with Gasteiger partial charge in [-0.3, -0.25) is 4.79 Å². The van der Waals surface area contributed by atoms with Crippen LogP contribution in [0.1, 0.15) is 50.8 Å². The summed E-state index contributed by atoms with van der Waals surface area (Å²) in [5.41, 5.74) is 2.47. The first kappa shape index (κ1) is 17.1. The van der Waals surface area contributed by atoms with Crippen molar-refractivity contribution in [2.45, 2.75) is 46.6 Å². The van der Waals surface area contributed by atoms with Crippen LogP contribution in [-0.2, 0) is 4.79 Å². The van der Waals surface area contributed by atoms with Crippen LogP contribution in [0.3, 0.4) is 0 Å². The van der Waals surface area contributed by atoms with Gasteiger partial charge in [0.2, 0.25) is 0 Å². The highest BCUT2D eigenvalue weighted by atomic mass is 16.5. The molecule has 2 rings (SSSR count). The maximum absolute atomic E-state index is 12.0. The predicted octanol–water partition coefficient (Wildman–Crippen LogP) is 3.91. The van der Waals surface area contributed by atoms with Gasteiger partial charge < -0.3 is 10.1 Å². The van der Waals surface area contributed by atoms with E-state index in [2.05, 4.69) is 37.3 Å². The molecule has 0 bridgehead atoms. The van der Waals surface area contributed by atoms with E-state index >= 15 is 0 Å². The van der Waals surface area contributed by atoms with E-state index in [-0.39, 0.29) is 18.6 Å². The van der Waals surface area contributed by atoms with Crippen LogP contribution in [0.25, 0.3) is 0 Å². The summed E-state index contributed by atoms with van der Waals surface area (Å²) in [4.78, 5) is 12.0. The molecular formula is C18H25N3O2. The maximum Gasteiger partial charge on any atom is 0.263 e. The van der Waals surface area contributed by atoms with Gasteiger partial charge in [0.25, 0.3) is 5.91 Å². The number of amides is 1. The molecule has 1 heterocycles. The summed E-state index contributed by atoms with van der Waals surface area (Å²) in [6.45, 7) is 10.4. The van der Waals surface area contributed by atoms with E-state index in [1.165, 1.54) is 11.1 Å². The van der Waals surface area contributed by atoms with Crippen molar-refractivity contribution in [1.29, 1.82) is 0 Å². The Kier molecular flexibility index (Phi) is 5.42. The van der Waals surface area contributed by atoms with Crippen LogP contribution in [-0.4, -0.2) is 22.3 Å². The van der Waals surface area contributed by atoms with E-state index in [4.69, 9.17) is 4.74 Å². The Labute approximate surface area is 137 Å². The SMILES string of the molecule is Cc1cc(OCC(=O)Nc2ccnn2C(C)C)ccc1C(C)C. The third-order valence-electron chi connectivity index (χ3n) is 3.66. The minimum absolute atomic E-state index is 0.0241. The molecule has 2 aromatic rings. The molecule has 0 fully saturated rings. The monoisotopic (exact) mass is 315 g/mol. The Balaban J connectivity index is 1.94. The predicted molar refractivity (Wildman–Crippen MR) is 92.0 cm³/mol. The number of benzene rings is 1. The highest BCUT2D eigenvalue weighted by Crippen LogP contribution is 2.23. The molecule has 5 nitrogen and oxygen atoms in total. The number of nitrogens with one attached hydrogen (secondary N) is 1. The number of hydrogen-bond acceptors (Lipinski definition) is 3. The van der Waals surface area contributed by atoms with E-state index in [1.54, 1.807) is 16.9 Å². The minimum atomic E-state index is -0.196. The van der Waals surface area contributed by atoms with Crippen LogP contribution in [0, 0.1) is 6.92 Å². The second-order valence-electron chi connectivity index (χ2n) is 6.26. The summed E-state index contributed by atoms with van der Waals surface area (Å²) in [7, 11) is 0. The van der Waals surface area contributed by atoms with Crippen LogP contribution >= 0.6 is 0 Å². The van der Waals surface area contributed by atoms with E-state index in [9.17, 15) is 4.79 Å². The van der Waals surface area contributed by atoms with Gasteiger partial charge in [-0.25, -0.2) is 4.68 Å². The molecule has 0 saturated carbocycles. The Morgan fingerprint density at radius 2 is 2.00 bits per heavy atom. The third-order valence-corrected chi connectivity index (χ3v) is 3.66. The summed E-state index contributed by atoms with van der Waals surface area (Å²) in [6, 6.07) is 7.91. The quantitative estimate of drug-likeness (QED) is 0.879. The number of nitrogens with zero attached hydrogens (tertiary/aromatic N) is 2. The summed E-state index contributed by atoms with van der Waals surface area (Å²) in [5, 5.41) is 7.01. The van der Waals surface area contributed by atoms with Crippen LogP contribution in [0.2, 0.25) is 0 Å². The summed E-state index contributed by atoms with van der Waals surface area (Å²) in [5.74, 6) is 1.67. The average Bonchev–Trinajstić information content (AvgIpc) is 2.93. The molecule has 0 radical (unpaired) electrons. The minimum Gasteiger partial charge on any atom is -0.484 e. The molecule has 23 heavy (non-hydrogen) atoms. The van der Waals surface area contributed by atoms with Gasteiger partial charge >= 0.3 is 0 Å². The first-order valence-corrected chi connectivity index (χ1v) is 7.95. The van der Waals surface area contributed by atoms with Crippen molar-refractivity contribution in [2.24, 2.45) is 0 Å². The van der Waals surface area contributed by atoms with E-state index in [1.807, 2.05) is 26.0 Å². The fourth-order valence-electron chi connectivity index (χ4n) is 2.54. The molecule has 0 aliphatic heterocycles. The normalized spacial score (nSPS) is 11.1. The average molecular weight is 315 g/mol. The van der Waals surface area contributed by atoms with Gasteiger partial charge in [-0.15, -0.1) is 0 Å². The molecule has 0 atom stereocenters. The Morgan fingerprint density at radius 3 is 2.61 bits per heavy atom. The lowest BCUT2D eigenvalue weighted by atomic mass is 9.98. The molecular weight excluding hydrogens is 290 g/mol. The summed E-state index contributed by atoms with van der Waals surface area (Å²) < 4.78 is 7.35. The van der Waals surface area contributed by atoms with Gasteiger partial charge in [-0.2, -0.15) is 5.10 Å². The molecule has 1 N–H and O–H groups in total. The molecule has 0 aliphatic rings. The van der Waals surface area contributed by atoms with Crippen LogP contribution in [0.15, 0.2) is 30.5 Å². The smallest absolute Gasteiger partial charge is 0.263 e. The lowest BCUT2D eigenvalue weighted by Gasteiger charge is -2.13. The first-order valence-electron chi connectivity index (χ1n) is 7.95. The van der Waals surface area contributed by atoms with E-state index < -0.39 is 0 Å². The van der Waals surface area contributed by atoms with E-state index in [0.29, 0.717) is 17.5 Å². The Morgan fingerprint density at radius 1 is 1.26 bits per heavy atom. The number of rotatable bonds is 6. The molecule has 124 valence electrons. The number of aryl methyl sites for hydroxylation is 1. The number of hydrogen-bond donors (Lipinski definition) is 1. The van der Waals surface area contributed by atoms with Gasteiger partial charge in [0.05, 0.1) is 6.20 Å². The van der Waals surface area contributed by atoms with Gasteiger partial charge in [-0.1, -0.05) is 19.9 Å². The van der Waals surface area contributed by atoms with Crippen molar-refractivity contribution in [1.82, 2.24) is 9.78 Å². The highest BCUT2D eigenvalue weighted by Gasteiger charge is 2.11. The zero-order valence-corrected chi connectivity index (χ0v) is 14.5. The molecule has 1 aromatic heterocycles. The van der Waals surface area contributed by atoms with Crippen molar-refractivity contribution < 1.29 is 9.53 Å². The lowest BCUT2D eigenvalue weighted by Crippen LogP contribution is -2.22. The maximum atomic E-state index is 12.0. The highest BCUT2D eigenvalue weighted by molar-refractivity contribution is 5.91. The Bertz CT molecular complexity index is 675. The zero-order chi connectivity index (χ0) is 17.0. The molecule has 5 heteroatoms. The van der Waals surface area contributed by atoms with Gasteiger partial charge in [0.1, 0.15) is 11.6 Å². The number of ether oxygens (including phenoxy) is 1. The van der Waals surface area contributed by atoms with Crippen LogP contribution in [0.4, 0.5) is 5.82 Å².